The lowest BCUT2D eigenvalue weighted by Gasteiger charge is -1.98. The smallest absolute Gasteiger partial charge is 0.371 e. The minimum atomic E-state index is -1.04. The Hall–Kier alpha value is -1.75. The fourth-order valence-corrected chi connectivity index (χ4v) is 2.18. The number of aromatic nitrogens is 1. The van der Waals surface area contributed by atoms with Gasteiger partial charge in [0.2, 0.25) is 5.76 Å². The van der Waals surface area contributed by atoms with Gasteiger partial charge in [-0.1, -0.05) is 11.8 Å². The highest BCUT2D eigenvalue weighted by atomic mass is 32.2. The summed E-state index contributed by atoms with van der Waals surface area (Å²) in [6.07, 6.45) is 4.42. The van der Waals surface area contributed by atoms with Crippen LogP contribution in [-0.4, -0.2) is 21.8 Å². The van der Waals surface area contributed by atoms with Crippen LogP contribution in [0.3, 0.4) is 0 Å². The number of carboxylic acids is 1. The summed E-state index contributed by atoms with van der Waals surface area (Å²) in [6.45, 7) is 0. The average molecular weight is 249 g/mol. The van der Waals surface area contributed by atoms with E-state index in [1.807, 2.05) is 12.1 Å². The van der Waals surface area contributed by atoms with E-state index in [0.717, 1.165) is 12.2 Å². The van der Waals surface area contributed by atoms with Crippen molar-refractivity contribution in [2.75, 3.05) is 5.75 Å². The molecule has 0 aliphatic carbocycles. The Kier molecular flexibility index (Phi) is 3.82. The molecule has 2 aromatic rings. The van der Waals surface area contributed by atoms with Gasteiger partial charge < -0.3 is 9.52 Å². The second-order valence-electron chi connectivity index (χ2n) is 3.38. The molecule has 88 valence electrons. The highest BCUT2D eigenvalue weighted by molar-refractivity contribution is 7.99. The van der Waals surface area contributed by atoms with Gasteiger partial charge in [-0.3, -0.25) is 4.98 Å². The normalized spacial score (nSPS) is 10.4. The van der Waals surface area contributed by atoms with Crippen LogP contribution in [-0.2, 0) is 6.42 Å². The number of furan rings is 1. The van der Waals surface area contributed by atoms with Gasteiger partial charge >= 0.3 is 5.97 Å². The van der Waals surface area contributed by atoms with Gasteiger partial charge in [0.1, 0.15) is 0 Å². The molecule has 0 fully saturated rings. The predicted octanol–water partition coefficient (Wildman–Crippen LogP) is 2.71. The van der Waals surface area contributed by atoms with E-state index in [1.165, 1.54) is 23.4 Å². The maximum atomic E-state index is 10.6. The molecule has 0 aromatic carbocycles. The molecule has 0 saturated carbocycles. The van der Waals surface area contributed by atoms with Crippen molar-refractivity contribution < 1.29 is 14.3 Å². The molecule has 5 heteroatoms. The van der Waals surface area contributed by atoms with Crippen LogP contribution in [0, 0.1) is 0 Å². The number of nitrogens with zero attached hydrogens (tertiary/aromatic N) is 1. The van der Waals surface area contributed by atoms with E-state index in [2.05, 4.69) is 4.98 Å². The number of carboxylic acid groups (broad SMARTS) is 1. The predicted molar refractivity (Wildman–Crippen MR) is 64.3 cm³/mol. The third-order valence-corrected chi connectivity index (χ3v) is 3.09. The van der Waals surface area contributed by atoms with Gasteiger partial charge in [-0.15, -0.1) is 0 Å². The zero-order valence-corrected chi connectivity index (χ0v) is 9.81. The summed E-state index contributed by atoms with van der Waals surface area (Å²) in [5, 5.41) is 9.33. The van der Waals surface area contributed by atoms with Crippen molar-refractivity contribution >= 4 is 17.7 Å². The fraction of sp³-hybridized carbons (Fsp3) is 0.167. The first kappa shape index (κ1) is 11.7. The lowest BCUT2D eigenvalue weighted by Crippen LogP contribution is -1.91. The zero-order valence-electron chi connectivity index (χ0n) is 9.00. The van der Waals surface area contributed by atoms with Crippen LogP contribution in [0.1, 0.15) is 16.1 Å². The molecule has 2 rings (SSSR count). The van der Waals surface area contributed by atoms with Crippen LogP contribution in [0.2, 0.25) is 0 Å². The maximum absolute atomic E-state index is 10.6. The third-order valence-electron chi connectivity index (χ3n) is 2.18. The quantitative estimate of drug-likeness (QED) is 0.825. The van der Waals surface area contributed by atoms with Crippen molar-refractivity contribution in [2.24, 2.45) is 0 Å². The van der Waals surface area contributed by atoms with Crippen molar-refractivity contribution in [3.05, 3.63) is 48.0 Å². The maximum Gasteiger partial charge on any atom is 0.371 e. The van der Waals surface area contributed by atoms with Crippen LogP contribution < -0.4 is 0 Å². The molecule has 4 nitrogen and oxygen atoms in total. The van der Waals surface area contributed by atoms with Crippen molar-refractivity contribution in [1.82, 2.24) is 4.98 Å². The Morgan fingerprint density at radius 1 is 1.29 bits per heavy atom. The number of thioether (sulfide) groups is 1. The van der Waals surface area contributed by atoms with Crippen LogP contribution in [0.25, 0.3) is 0 Å². The molecule has 0 unspecified atom stereocenters. The Morgan fingerprint density at radius 2 is 2.06 bits per heavy atom. The van der Waals surface area contributed by atoms with E-state index in [1.54, 1.807) is 18.5 Å². The first-order chi connectivity index (χ1) is 8.25. The van der Waals surface area contributed by atoms with Crippen LogP contribution >= 0.6 is 11.8 Å². The number of pyridine rings is 1. The fourth-order valence-electron chi connectivity index (χ4n) is 1.33. The molecule has 0 amide bonds. The summed E-state index contributed by atoms with van der Waals surface area (Å²) >= 11 is 1.50. The van der Waals surface area contributed by atoms with Crippen molar-refractivity contribution in [3.63, 3.8) is 0 Å². The van der Waals surface area contributed by atoms with Gasteiger partial charge in [0.15, 0.2) is 5.09 Å². The topological polar surface area (TPSA) is 63.3 Å². The lowest BCUT2D eigenvalue weighted by atomic mass is 10.2. The molecule has 0 bridgehead atoms. The molecular formula is C12H11NO3S. The van der Waals surface area contributed by atoms with Crippen molar-refractivity contribution in [1.29, 1.82) is 0 Å². The molecule has 2 aromatic heterocycles. The Balaban J connectivity index is 1.84. The van der Waals surface area contributed by atoms with Gasteiger partial charge in [-0.2, -0.15) is 0 Å². The molecule has 0 atom stereocenters. The summed E-state index contributed by atoms with van der Waals surface area (Å²) in [4.78, 5) is 14.5. The average Bonchev–Trinajstić information content (AvgIpc) is 2.79. The van der Waals surface area contributed by atoms with Gasteiger partial charge in [0.05, 0.1) is 0 Å². The van der Waals surface area contributed by atoms with E-state index in [0.29, 0.717) is 5.09 Å². The van der Waals surface area contributed by atoms with Gasteiger partial charge in [-0.05, 0) is 36.2 Å². The largest absolute Gasteiger partial charge is 0.475 e. The van der Waals surface area contributed by atoms with E-state index in [9.17, 15) is 4.79 Å². The van der Waals surface area contributed by atoms with Gasteiger partial charge in [-0.25, -0.2) is 4.79 Å². The van der Waals surface area contributed by atoms with Gasteiger partial charge in [0, 0.05) is 18.1 Å². The van der Waals surface area contributed by atoms with E-state index >= 15 is 0 Å². The minimum absolute atomic E-state index is 0.0172. The summed E-state index contributed by atoms with van der Waals surface area (Å²) in [6, 6.07) is 7.08. The van der Waals surface area contributed by atoms with E-state index in [-0.39, 0.29) is 5.76 Å². The number of aromatic carboxylic acids is 1. The van der Waals surface area contributed by atoms with Crippen LogP contribution in [0.15, 0.2) is 46.2 Å². The first-order valence-electron chi connectivity index (χ1n) is 5.10. The Labute approximate surface area is 103 Å². The third kappa shape index (κ3) is 3.35. The molecule has 0 radical (unpaired) electrons. The summed E-state index contributed by atoms with van der Waals surface area (Å²) in [5.41, 5.74) is 1.21. The highest BCUT2D eigenvalue weighted by Crippen LogP contribution is 2.21. The summed E-state index contributed by atoms with van der Waals surface area (Å²) in [7, 11) is 0. The molecular weight excluding hydrogens is 238 g/mol. The van der Waals surface area contributed by atoms with Crippen molar-refractivity contribution in [3.8, 4) is 0 Å². The summed E-state index contributed by atoms with van der Waals surface area (Å²) < 4.78 is 5.13. The highest BCUT2D eigenvalue weighted by Gasteiger charge is 2.08. The number of hydrogen-bond donors (Lipinski definition) is 1. The standard InChI is InChI=1S/C12H11NO3S/c14-12(15)10-1-2-11(16-10)17-8-5-9-3-6-13-7-4-9/h1-4,6-7H,5,8H2,(H,14,15). The molecule has 0 spiro atoms. The Bertz CT molecular complexity index is 495. The SMILES string of the molecule is O=C(O)c1ccc(SCCc2ccncc2)o1. The van der Waals surface area contributed by atoms with E-state index < -0.39 is 5.97 Å². The van der Waals surface area contributed by atoms with Crippen LogP contribution in [0.4, 0.5) is 0 Å². The lowest BCUT2D eigenvalue weighted by molar-refractivity contribution is 0.0656. The van der Waals surface area contributed by atoms with E-state index in [4.69, 9.17) is 9.52 Å². The molecule has 0 aliphatic heterocycles. The zero-order chi connectivity index (χ0) is 12.1. The number of aryl methyl sites for hydroxylation is 1. The monoisotopic (exact) mass is 249 g/mol. The number of carbonyl (C=O) groups is 1. The molecule has 0 aliphatic rings. The molecule has 17 heavy (non-hydrogen) atoms. The first-order valence-corrected chi connectivity index (χ1v) is 6.09. The molecule has 1 N–H and O–H groups in total. The number of rotatable bonds is 5. The van der Waals surface area contributed by atoms with Crippen LogP contribution in [0.5, 0.6) is 0 Å². The summed E-state index contributed by atoms with van der Waals surface area (Å²) in [5.74, 6) is -0.210. The molecule has 2 heterocycles. The second-order valence-corrected chi connectivity index (χ2v) is 4.48. The van der Waals surface area contributed by atoms with Gasteiger partial charge in [0.25, 0.3) is 0 Å². The Morgan fingerprint density at radius 3 is 2.71 bits per heavy atom. The number of hydrogen-bond acceptors (Lipinski definition) is 4. The minimum Gasteiger partial charge on any atom is -0.475 e. The second kappa shape index (κ2) is 5.54. The van der Waals surface area contributed by atoms with Crippen molar-refractivity contribution in [2.45, 2.75) is 11.5 Å². The molecule has 0 saturated heterocycles.